The molecule has 2 heterocycles. The fourth-order valence-electron chi connectivity index (χ4n) is 2.38. The maximum Gasteiger partial charge on any atom is 0.0621 e. The van der Waals surface area contributed by atoms with E-state index < -0.39 is 0 Å². The number of nitrogens with zero attached hydrogens (tertiary/aromatic N) is 1. The summed E-state index contributed by atoms with van der Waals surface area (Å²) in [6.07, 6.45) is 2.56. The second-order valence-corrected chi connectivity index (χ2v) is 4.16. The number of hydrogen-bond acceptors (Lipinski definition) is 3. The minimum Gasteiger partial charge on any atom is -0.380 e. The van der Waals surface area contributed by atoms with Crippen LogP contribution in [0.5, 0.6) is 0 Å². The second kappa shape index (κ2) is 4.40. The van der Waals surface area contributed by atoms with Crippen LogP contribution in [0.2, 0.25) is 0 Å². The van der Waals surface area contributed by atoms with E-state index in [1.807, 2.05) is 0 Å². The number of nitrogens with one attached hydrogen (secondary N) is 1. The average molecular weight is 184 g/mol. The molecule has 0 radical (unpaired) electrons. The molecule has 1 N–H and O–H groups in total. The molecule has 76 valence electrons. The van der Waals surface area contributed by atoms with Crippen LogP contribution in [0.15, 0.2) is 0 Å². The lowest BCUT2D eigenvalue weighted by atomic mass is 10.1. The zero-order chi connectivity index (χ0) is 9.10. The minimum atomic E-state index is 0.681. The molecule has 0 aromatic heterocycles. The van der Waals surface area contributed by atoms with Gasteiger partial charge in [-0.3, -0.25) is 4.90 Å². The highest BCUT2D eigenvalue weighted by atomic mass is 16.5. The van der Waals surface area contributed by atoms with Crippen molar-refractivity contribution in [3.63, 3.8) is 0 Å². The van der Waals surface area contributed by atoms with Crippen molar-refractivity contribution in [3.8, 4) is 0 Å². The van der Waals surface area contributed by atoms with Gasteiger partial charge in [0.1, 0.15) is 0 Å². The Kier molecular flexibility index (Phi) is 3.19. The molecule has 2 aliphatic rings. The third kappa shape index (κ3) is 2.22. The van der Waals surface area contributed by atoms with Gasteiger partial charge in [-0.15, -0.1) is 0 Å². The van der Waals surface area contributed by atoms with Gasteiger partial charge >= 0.3 is 0 Å². The largest absolute Gasteiger partial charge is 0.380 e. The first-order chi connectivity index (χ1) is 6.38. The zero-order valence-corrected chi connectivity index (χ0v) is 8.46. The number of ether oxygens (including phenoxy) is 1. The molecular weight excluding hydrogens is 164 g/mol. The first-order valence-corrected chi connectivity index (χ1v) is 5.42. The highest BCUT2D eigenvalue weighted by Gasteiger charge is 2.27. The quantitative estimate of drug-likeness (QED) is 0.641. The Balaban J connectivity index is 1.88. The van der Waals surface area contributed by atoms with Crippen molar-refractivity contribution in [1.29, 1.82) is 0 Å². The van der Waals surface area contributed by atoms with Gasteiger partial charge in [-0.2, -0.15) is 0 Å². The van der Waals surface area contributed by atoms with Crippen LogP contribution in [0.1, 0.15) is 19.8 Å². The van der Waals surface area contributed by atoms with Gasteiger partial charge in [-0.1, -0.05) is 0 Å². The van der Waals surface area contributed by atoms with Crippen LogP contribution in [0.25, 0.3) is 0 Å². The van der Waals surface area contributed by atoms with E-state index in [9.17, 15) is 0 Å². The Labute approximate surface area is 80.4 Å². The highest BCUT2D eigenvalue weighted by molar-refractivity contribution is 4.83. The molecule has 0 aromatic carbocycles. The van der Waals surface area contributed by atoms with Crippen molar-refractivity contribution in [2.45, 2.75) is 31.8 Å². The first-order valence-electron chi connectivity index (χ1n) is 5.42. The lowest BCUT2D eigenvalue weighted by Crippen LogP contribution is -2.55. The summed E-state index contributed by atoms with van der Waals surface area (Å²) in [5.41, 5.74) is 0. The summed E-state index contributed by atoms with van der Waals surface area (Å²) in [7, 11) is 0. The number of piperazine rings is 1. The maximum atomic E-state index is 5.52. The molecule has 1 unspecified atom stereocenters. The second-order valence-electron chi connectivity index (χ2n) is 4.16. The topological polar surface area (TPSA) is 24.5 Å². The van der Waals surface area contributed by atoms with Crippen LogP contribution in [-0.4, -0.2) is 49.8 Å². The van der Waals surface area contributed by atoms with Crippen LogP contribution in [0, 0.1) is 0 Å². The summed E-state index contributed by atoms with van der Waals surface area (Å²) in [5, 5.41) is 3.42. The SMILES string of the molecule is C[C@@H]1CNCCN1C1CCCOC1. The van der Waals surface area contributed by atoms with Crippen molar-refractivity contribution in [1.82, 2.24) is 10.2 Å². The van der Waals surface area contributed by atoms with Gasteiger partial charge in [0, 0.05) is 38.3 Å². The van der Waals surface area contributed by atoms with E-state index in [0.29, 0.717) is 12.1 Å². The fraction of sp³-hybridized carbons (Fsp3) is 1.00. The Morgan fingerprint density at radius 3 is 3.08 bits per heavy atom. The Bertz CT molecular complexity index is 157. The van der Waals surface area contributed by atoms with Gasteiger partial charge in [-0.25, -0.2) is 0 Å². The van der Waals surface area contributed by atoms with E-state index in [4.69, 9.17) is 4.74 Å². The van der Waals surface area contributed by atoms with E-state index >= 15 is 0 Å². The van der Waals surface area contributed by atoms with E-state index in [1.54, 1.807) is 0 Å². The molecule has 13 heavy (non-hydrogen) atoms. The third-order valence-corrected chi connectivity index (χ3v) is 3.16. The van der Waals surface area contributed by atoms with Crippen LogP contribution in [0.4, 0.5) is 0 Å². The zero-order valence-electron chi connectivity index (χ0n) is 8.46. The van der Waals surface area contributed by atoms with Gasteiger partial charge < -0.3 is 10.1 Å². The molecule has 0 saturated carbocycles. The van der Waals surface area contributed by atoms with Crippen molar-refractivity contribution in [3.05, 3.63) is 0 Å². The predicted molar refractivity (Wildman–Crippen MR) is 52.9 cm³/mol. The summed E-state index contributed by atoms with van der Waals surface area (Å²) >= 11 is 0. The van der Waals surface area contributed by atoms with Gasteiger partial charge in [-0.05, 0) is 19.8 Å². The third-order valence-electron chi connectivity index (χ3n) is 3.16. The fourth-order valence-corrected chi connectivity index (χ4v) is 2.38. The van der Waals surface area contributed by atoms with E-state index in [0.717, 1.165) is 26.3 Å². The van der Waals surface area contributed by atoms with Crippen LogP contribution in [0.3, 0.4) is 0 Å². The lowest BCUT2D eigenvalue weighted by molar-refractivity contribution is -0.00364. The van der Waals surface area contributed by atoms with E-state index in [2.05, 4.69) is 17.1 Å². The first kappa shape index (κ1) is 9.44. The molecule has 2 fully saturated rings. The van der Waals surface area contributed by atoms with Crippen LogP contribution >= 0.6 is 0 Å². The molecule has 3 nitrogen and oxygen atoms in total. The Hall–Kier alpha value is -0.120. The molecule has 0 amide bonds. The normalized spacial score (nSPS) is 37.6. The molecule has 0 bridgehead atoms. The summed E-state index contributed by atoms with van der Waals surface area (Å²) in [4.78, 5) is 2.61. The van der Waals surface area contributed by atoms with Gasteiger partial charge in [0.2, 0.25) is 0 Å². The van der Waals surface area contributed by atoms with Crippen molar-refractivity contribution in [2.75, 3.05) is 32.8 Å². The molecule has 2 aliphatic heterocycles. The molecule has 0 aromatic rings. The molecule has 2 atom stereocenters. The summed E-state index contributed by atoms with van der Waals surface area (Å²) in [6.45, 7) is 7.69. The molecular formula is C10H20N2O. The van der Waals surface area contributed by atoms with Crippen molar-refractivity contribution >= 4 is 0 Å². The Morgan fingerprint density at radius 2 is 2.38 bits per heavy atom. The number of hydrogen-bond donors (Lipinski definition) is 1. The lowest BCUT2D eigenvalue weighted by Gasteiger charge is -2.41. The molecule has 2 rings (SSSR count). The van der Waals surface area contributed by atoms with Crippen molar-refractivity contribution in [2.24, 2.45) is 0 Å². The van der Waals surface area contributed by atoms with E-state index in [1.165, 1.54) is 19.4 Å². The van der Waals surface area contributed by atoms with Gasteiger partial charge in [0.15, 0.2) is 0 Å². The smallest absolute Gasteiger partial charge is 0.0621 e. The van der Waals surface area contributed by atoms with Gasteiger partial charge in [0.05, 0.1) is 6.61 Å². The highest BCUT2D eigenvalue weighted by Crippen LogP contribution is 2.16. The molecule has 3 heteroatoms. The summed E-state index contributed by atoms with van der Waals surface area (Å²) in [5.74, 6) is 0. The average Bonchev–Trinajstić information content (AvgIpc) is 2.20. The van der Waals surface area contributed by atoms with Crippen LogP contribution in [-0.2, 0) is 4.74 Å². The van der Waals surface area contributed by atoms with Crippen molar-refractivity contribution < 1.29 is 4.74 Å². The van der Waals surface area contributed by atoms with Gasteiger partial charge in [0.25, 0.3) is 0 Å². The standard InChI is InChI=1S/C10H20N2O/c1-9-7-11-4-5-12(9)10-3-2-6-13-8-10/h9-11H,2-8H2,1H3/t9-,10?/m1/s1. The van der Waals surface area contributed by atoms with Crippen LogP contribution < -0.4 is 5.32 Å². The predicted octanol–water partition coefficient (Wildman–Crippen LogP) is 0.459. The molecule has 2 saturated heterocycles. The molecule has 0 spiro atoms. The number of rotatable bonds is 1. The maximum absolute atomic E-state index is 5.52. The summed E-state index contributed by atoms with van der Waals surface area (Å²) in [6, 6.07) is 1.37. The Morgan fingerprint density at radius 1 is 1.46 bits per heavy atom. The summed E-state index contributed by atoms with van der Waals surface area (Å²) < 4.78 is 5.52. The van der Waals surface area contributed by atoms with E-state index in [-0.39, 0.29) is 0 Å². The monoisotopic (exact) mass is 184 g/mol. The molecule has 0 aliphatic carbocycles. The minimum absolute atomic E-state index is 0.681.